The lowest BCUT2D eigenvalue weighted by atomic mass is 10.0. The molecule has 5 rings (SSSR count). The highest BCUT2D eigenvalue weighted by Gasteiger charge is 2.30. The third-order valence-electron chi connectivity index (χ3n) is 5.70. The molecular formula is C23H20F3N5. The summed E-state index contributed by atoms with van der Waals surface area (Å²) >= 11 is 0. The summed E-state index contributed by atoms with van der Waals surface area (Å²) in [6.07, 6.45) is 5.56. The number of benzene rings is 1. The average molecular weight is 423 g/mol. The molecule has 158 valence electrons. The molecule has 0 atom stereocenters. The predicted octanol–water partition coefficient (Wildman–Crippen LogP) is 6.06. The van der Waals surface area contributed by atoms with Crippen molar-refractivity contribution in [3.63, 3.8) is 0 Å². The number of aromatic amines is 1. The fraction of sp³-hybridized carbons (Fsp3) is 0.261. The summed E-state index contributed by atoms with van der Waals surface area (Å²) in [5.41, 5.74) is 3.05. The maximum Gasteiger partial charge on any atom is 0.416 e. The van der Waals surface area contributed by atoms with Gasteiger partial charge in [-0.15, -0.1) is 0 Å². The molecule has 1 fully saturated rings. The molecule has 0 bridgehead atoms. The first-order valence-corrected chi connectivity index (χ1v) is 10.2. The molecule has 1 saturated carbocycles. The molecule has 1 aliphatic rings. The predicted molar refractivity (Wildman–Crippen MR) is 113 cm³/mol. The Bertz CT molecular complexity index is 1210. The van der Waals surface area contributed by atoms with Gasteiger partial charge in [0.2, 0.25) is 5.95 Å². The van der Waals surface area contributed by atoms with Crippen LogP contribution in [0.3, 0.4) is 0 Å². The summed E-state index contributed by atoms with van der Waals surface area (Å²) in [5, 5.41) is 4.26. The summed E-state index contributed by atoms with van der Waals surface area (Å²) in [6, 6.07) is 9.27. The van der Waals surface area contributed by atoms with Gasteiger partial charge in [0.15, 0.2) is 0 Å². The average Bonchev–Trinajstić information content (AvgIpc) is 3.43. The minimum atomic E-state index is -4.36. The maximum absolute atomic E-state index is 12.9. The van der Waals surface area contributed by atoms with Gasteiger partial charge < -0.3 is 10.3 Å². The van der Waals surface area contributed by atoms with Gasteiger partial charge in [-0.1, -0.05) is 25.0 Å². The van der Waals surface area contributed by atoms with Crippen molar-refractivity contribution in [1.29, 1.82) is 0 Å². The first-order valence-electron chi connectivity index (χ1n) is 10.2. The number of hydrogen-bond acceptors (Lipinski definition) is 4. The second kappa shape index (κ2) is 7.68. The Kier molecular flexibility index (Phi) is 4.84. The quantitative estimate of drug-likeness (QED) is 0.419. The first kappa shape index (κ1) is 19.5. The monoisotopic (exact) mass is 423 g/mol. The Labute approximate surface area is 176 Å². The van der Waals surface area contributed by atoms with Crippen LogP contribution in [0, 0.1) is 0 Å². The van der Waals surface area contributed by atoms with Crippen LogP contribution in [0.1, 0.15) is 31.2 Å². The molecule has 3 heterocycles. The van der Waals surface area contributed by atoms with Crippen molar-refractivity contribution in [1.82, 2.24) is 19.9 Å². The SMILES string of the molecule is FC(F)(F)c1ccc(-c2cnc3[nH]cc(-c4ccnc(NC5CCCC5)n4)c3c2)cc1. The van der Waals surface area contributed by atoms with Crippen LogP contribution in [0.4, 0.5) is 19.1 Å². The maximum atomic E-state index is 12.9. The van der Waals surface area contributed by atoms with E-state index in [0.717, 1.165) is 47.2 Å². The van der Waals surface area contributed by atoms with E-state index in [4.69, 9.17) is 0 Å². The van der Waals surface area contributed by atoms with E-state index in [0.29, 0.717) is 23.2 Å². The van der Waals surface area contributed by atoms with E-state index in [1.54, 1.807) is 12.4 Å². The molecule has 3 aromatic heterocycles. The fourth-order valence-corrected chi connectivity index (χ4v) is 4.06. The molecule has 1 aromatic carbocycles. The van der Waals surface area contributed by atoms with Gasteiger partial charge in [-0.05, 0) is 42.7 Å². The molecule has 0 radical (unpaired) electrons. The van der Waals surface area contributed by atoms with Crippen molar-refractivity contribution in [2.45, 2.75) is 37.9 Å². The number of rotatable bonds is 4. The molecule has 31 heavy (non-hydrogen) atoms. The highest BCUT2D eigenvalue weighted by atomic mass is 19.4. The number of hydrogen-bond donors (Lipinski definition) is 2. The fourth-order valence-electron chi connectivity index (χ4n) is 4.06. The molecule has 0 unspecified atom stereocenters. The van der Waals surface area contributed by atoms with Crippen LogP contribution in [0.2, 0.25) is 0 Å². The van der Waals surface area contributed by atoms with Crippen molar-refractivity contribution < 1.29 is 13.2 Å². The van der Waals surface area contributed by atoms with E-state index < -0.39 is 11.7 Å². The third kappa shape index (κ3) is 3.97. The van der Waals surface area contributed by atoms with E-state index in [1.165, 1.54) is 25.0 Å². The number of fused-ring (bicyclic) bond motifs is 1. The lowest BCUT2D eigenvalue weighted by Crippen LogP contribution is -2.16. The van der Waals surface area contributed by atoms with Gasteiger partial charge in [0.1, 0.15) is 5.65 Å². The summed E-state index contributed by atoms with van der Waals surface area (Å²) in [5.74, 6) is 0.602. The Morgan fingerprint density at radius 1 is 0.968 bits per heavy atom. The van der Waals surface area contributed by atoms with Crippen molar-refractivity contribution in [3.8, 4) is 22.4 Å². The lowest BCUT2D eigenvalue weighted by molar-refractivity contribution is -0.137. The number of pyridine rings is 1. The first-order chi connectivity index (χ1) is 15.0. The smallest absolute Gasteiger partial charge is 0.351 e. The van der Waals surface area contributed by atoms with Crippen molar-refractivity contribution in [3.05, 3.63) is 60.6 Å². The van der Waals surface area contributed by atoms with Crippen molar-refractivity contribution in [2.24, 2.45) is 0 Å². The Morgan fingerprint density at radius 2 is 1.74 bits per heavy atom. The van der Waals surface area contributed by atoms with Crippen LogP contribution in [-0.4, -0.2) is 26.0 Å². The van der Waals surface area contributed by atoms with Crippen LogP contribution in [0.25, 0.3) is 33.4 Å². The van der Waals surface area contributed by atoms with Crippen LogP contribution in [0.15, 0.2) is 55.0 Å². The zero-order valence-electron chi connectivity index (χ0n) is 16.6. The van der Waals surface area contributed by atoms with Gasteiger partial charge in [-0.25, -0.2) is 15.0 Å². The highest BCUT2D eigenvalue weighted by Crippen LogP contribution is 2.33. The van der Waals surface area contributed by atoms with Gasteiger partial charge in [0.05, 0.1) is 11.3 Å². The number of alkyl halides is 3. The van der Waals surface area contributed by atoms with Gasteiger partial charge in [0, 0.05) is 41.1 Å². The largest absolute Gasteiger partial charge is 0.416 e. The van der Waals surface area contributed by atoms with Gasteiger partial charge in [-0.2, -0.15) is 13.2 Å². The topological polar surface area (TPSA) is 66.5 Å². The van der Waals surface area contributed by atoms with Crippen molar-refractivity contribution in [2.75, 3.05) is 5.32 Å². The summed E-state index contributed by atoms with van der Waals surface area (Å²) in [6.45, 7) is 0. The van der Waals surface area contributed by atoms with Crippen LogP contribution in [0.5, 0.6) is 0 Å². The second-order valence-corrected chi connectivity index (χ2v) is 7.79. The molecule has 0 saturated heterocycles. The van der Waals surface area contributed by atoms with Crippen LogP contribution >= 0.6 is 0 Å². The summed E-state index contributed by atoms with van der Waals surface area (Å²) < 4.78 is 38.6. The molecular weight excluding hydrogens is 403 g/mol. The second-order valence-electron chi connectivity index (χ2n) is 7.79. The minimum Gasteiger partial charge on any atom is -0.351 e. The van der Waals surface area contributed by atoms with E-state index in [-0.39, 0.29) is 0 Å². The Hall–Kier alpha value is -3.42. The van der Waals surface area contributed by atoms with E-state index >= 15 is 0 Å². The standard InChI is InChI=1S/C23H20F3N5/c24-23(25,26)16-7-5-14(6-8-16)15-11-18-19(13-29-21(18)28-12-15)20-9-10-27-22(31-20)30-17-3-1-2-4-17/h5-13,17H,1-4H2,(H,28,29)(H,27,30,31). The lowest BCUT2D eigenvalue weighted by Gasteiger charge is -2.12. The van der Waals surface area contributed by atoms with Crippen LogP contribution < -0.4 is 5.32 Å². The van der Waals surface area contributed by atoms with E-state index in [2.05, 4.69) is 25.3 Å². The number of aromatic nitrogens is 4. The van der Waals surface area contributed by atoms with E-state index in [9.17, 15) is 13.2 Å². The number of H-pyrrole nitrogens is 1. The molecule has 5 nitrogen and oxygen atoms in total. The molecule has 2 N–H and O–H groups in total. The van der Waals surface area contributed by atoms with Gasteiger partial charge >= 0.3 is 6.18 Å². The summed E-state index contributed by atoms with van der Waals surface area (Å²) in [7, 11) is 0. The zero-order chi connectivity index (χ0) is 21.4. The number of nitrogens with one attached hydrogen (secondary N) is 2. The number of nitrogens with zero attached hydrogens (tertiary/aromatic N) is 3. The molecule has 8 heteroatoms. The molecule has 0 spiro atoms. The van der Waals surface area contributed by atoms with Crippen molar-refractivity contribution >= 4 is 17.0 Å². The summed E-state index contributed by atoms with van der Waals surface area (Å²) in [4.78, 5) is 16.6. The molecule has 4 aromatic rings. The van der Waals surface area contributed by atoms with Gasteiger partial charge in [0.25, 0.3) is 0 Å². The highest BCUT2D eigenvalue weighted by molar-refractivity contribution is 5.95. The molecule has 1 aliphatic carbocycles. The minimum absolute atomic E-state index is 0.408. The zero-order valence-corrected chi connectivity index (χ0v) is 16.6. The number of halogens is 3. The van der Waals surface area contributed by atoms with Crippen LogP contribution in [-0.2, 0) is 6.18 Å². The number of anilines is 1. The molecule has 0 amide bonds. The van der Waals surface area contributed by atoms with E-state index in [1.807, 2.05) is 18.3 Å². The normalized spacial score (nSPS) is 14.9. The molecule has 0 aliphatic heterocycles. The Balaban J connectivity index is 1.48. The van der Waals surface area contributed by atoms with Gasteiger partial charge in [-0.3, -0.25) is 0 Å². The Morgan fingerprint density at radius 3 is 2.48 bits per heavy atom. The third-order valence-corrected chi connectivity index (χ3v) is 5.70.